The number of nitrogens with zero attached hydrogens (tertiary/aromatic N) is 1. The summed E-state index contributed by atoms with van der Waals surface area (Å²) in [6, 6.07) is 2.99. The zero-order chi connectivity index (χ0) is 14.7. The summed E-state index contributed by atoms with van der Waals surface area (Å²) in [6.45, 7) is -0.696. The molecule has 0 aliphatic carbocycles. The number of amides is 2. The number of fused-ring (bicyclic) bond motifs is 1. The summed E-state index contributed by atoms with van der Waals surface area (Å²) >= 11 is 7.05. The molecular weight excluding hydrogens is 306 g/mol. The average molecular weight is 316 g/mol. The van der Waals surface area contributed by atoms with Crippen LogP contribution in [0.25, 0.3) is 10.2 Å². The number of benzene rings is 1. The van der Waals surface area contributed by atoms with Crippen molar-refractivity contribution in [3.05, 3.63) is 23.2 Å². The fourth-order valence-corrected chi connectivity index (χ4v) is 2.57. The van der Waals surface area contributed by atoms with E-state index in [1.54, 1.807) is 18.2 Å². The van der Waals surface area contributed by atoms with E-state index in [4.69, 9.17) is 21.8 Å². The zero-order valence-corrected chi connectivity index (χ0v) is 11.5. The fraction of sp³-hybridized carbons (Fsp3) is 0.182. The van der Waals surface area contributed by atoms with Crippen molar-refractivity contribution in [1.29, 1.82) is 0 Å². The Bertz CT molecular complexity index is 660. The summed E-state index contributed by atoms with van der Waals surface area (Å²) in [4.78, 5) is 26.4. The van der Waals surface area contributed by atoms with Crippen LogP contribution in [0.2, 0.25) is 5.02 Å². The molecule has 0 aliphatic rings. The Kier molecular flexibility index (Phi) is 4.38. The molecule has 1 heterocycles. The molecule has 9 heteroatoms. The number of aliphatic hydroxyl groups is 1. The predicted octanol–water partition coefficient (Wildman–Crippen LogP) is 1.52. The maximum absolute atomic E-state index is 11.6. The second kappa shape index (κ2) is 6.04. The Labute approximate surface area is 122 Å². The highest BCUT2D eigenvalue weighted by Crippen LogP contribution is 2.28. The maximum Gasteiger partial charge on any atom is 0.328 e. The van der Waals surface area contributed by atoms with Crippen LogP contribution < -0.4 is 10.6 Å². The van der Waals surface area contributed by atoms with E-state index in [2.05, 4.69) is 15.6 Å². The summed E-state index contributed by atoms with van der Waals surface area (Å²) < 4.78 is 0.796. The van der Waals surface area contributed by atoms with Gasteiger partial charge < -0.3 is 15.5 Å². The minimum absolute atomic E-state index is 0.307. The second-order valence-electron chi connectivity index (χ2n) is 3.80. The van der Waals surface area contributed by atoms with Gasteiger partial charge in [-0.05, 0) is 18.2 Å². The largest absolute Gasteiger partial charge is 0.480 e. The van der Waals surface area contributed by atoms with Crippen molar-refractivity contribution in [2.45, 2.75) is 6.04 Å². The smallest absolute Gasteiger partial charge is 0.328 e. The first-order valence-electron chi connectivity index (χ1n) is 5.47. The van der Waals surface area contributed by atoms with Crippen LogP contribution in [0.1, 0.15) is 0 Å². The number of carbonyl (C=O) groups is 2. The summed E-state index contributed by atoms with van der Waals surface area (Å²) in [7, 11) is 0. The lowest BCUT2D eigenvalue weighted by molar-refractivity contribution is -0.140. The lowest BCUT2D eigenvalue weighted by Crippen LogP contribution is -2.45. The molecule has 0 radical (unpaired) electrons. The van der Waals surface area contributed by atoms with E-state index in [0.29, 0.717) is 15.7 Å². The van der Waals surface area contributed by atoms with Gasteiger partial charge in [0.15, 0.2) is 11.2 Å². The van der Waals surface area contributed by atoms with Crippen molar-refractivity contribution < 1.29 is 19.8 Å². The topological polar surface area (TPSA) is 112 Å². The number of carboxylic acids is 1. The van der Waals surface area contributed by atoms with Gasteiger partial charge in [0.2, 0.25) is 0 Å². The third-order valence-corrected chi connectivity index (χ3v) is 3.53. The number of urea groups is 1. The van der Waals surface area contributed by atoms with Gasteiger partial charge >= 0.3 is 12.0 Å². The monoisotopic (exact) mass is 315 g/mol. The molecular formula is C11H10ClN3O4S. The van der Waals surface area contributed by atoms with Gasteiger partial charge in [0.25, 0.3) is 0 Å². The van der Waals surface area contributed by atoms with Gasteiger partial charge in [-0.2, -0.15) is 0 Å². The molecule has 1 aromatic heterocycles. The highest BCUT2D eigenvalue weighted by Gasteiger charge is 2.19. The molecule has 2 aromatic rings. The number of carbonyl (C=O) groups excluding carboxylic acids is 1. The molecule has 1 atom stereocenters. The standard InChI is InChI=1S/C11H10ClN3O4S/c12-5-1-2-6-8(3-5)20-11(14-6)15-10(19)13-7(4-16)9(17)18/h1-3,7,16H,4H2,(H,17,18)(H2,13,14,15,19). The molecule has 1 unspecified atom stereocenters. The first kappa shape index (κ1) is 14.5. The van der Waals surface area contributed by atoms with E-state index in [1.165, 1.54) is 11.3 Å². The summed E-state index contributed by atoms with van der Waals surface area (Å²) in [5, 5.41) is 22.9. The van der Waals surface area contributed by atoms with Crippen molar-refractivity contribution in [2.75, 3.05) is 11.9 Å². The second-order valence-corrected chi connectivity index (χ2v) is 5.27. The average Bonchev–Trinajstić information content (AvgIpc) is 2.76. The van der Waals surface area contributed by atoms with Crippen LogP contribution >= 0.6 is 22.9 Å². The van der Waals surface area contributed by atoms with Gasteiger partial charge in [-0.15, -0.1) is 0 Å². The minimum Gasteiger partial charge on any atom is -0.480 e. The van der Waals surface area contributed by atoms with Crippen molar-refractivity contribution >= 4 is 50.3 Å². The van der Waals surface area contributed by atoms with Gasteiger partial charge in [-0.3, -0.25) is 5.32 Å². The number of thiazole rings is 1. The Hall–Kier alpha value is -1.90. The summed E-state index contributed by atoms with van der Waals surface area (Å²) in [5.74, 6) is -1.32. The molecule has 20 heavy (non-hydrogen) atoms. The van der Waals surface area contributed by atoms with E-state index in [-0.39, 0.29) is 0 Å². The summed E-state index contributed by atoms with van der Waals surface area (Å²) in [6.07, 6.45) is 0. The number of nitrogens with one attached hydrogen (secondary N) is 2. The van der Waals surface area contributed by atoms with Crippen LogP contribution in [0, 0.1) is 0 Å². The highest BCUT2D eigenvalue weighted by molar-refractivity contribution is 7.22. The minimum atomic E-state index is -1.36. The molecule has 1 aromatic carbocycles. The Morgan fingerprint density at radius 3 is 2.85 bits per heavy atom. The van der Waals surface area contributed by atoms with Crippen molar-refractivity contribution in [2.24, 2.45) is 0 Å². The third-order valence-electron chi connectivity index (χ3n) is 2.36. The van der Waals surface area contributed by atoms with E-state index in [0.717, 1.165) is 4.70 Å². The molecule has 0 aliphatic heterocycles. The Morgan fingerprint density at radius 2 is 2.20 bits per heavy atom. The molecule has 0 saturated heterocycles. The number of anilines is 1. The van der Waals surface area contributed by atoms with Crippen molar-refractivity contribution in [3.63, 3.8) is 0 Å². The van der Waals surface area contributed by atoms with E-state index in [1.807, 2.05) is 0 Å². The molecule has 4 N–H and O–H groups in total. The van der Waals surface area contributed by atoms with Gasteiger partial charge in [0.1, 0.15) is 0 Å². The number of hydrogen-bond acceptors (Lipinski definition) is 5. The van der Waals surface area contributed by atoms with Crippen molar-refractivity contribution in [3.8, 4) is 0 Å². The van der Waals surface area contributed by atoms with Crippen LogP contribution in [0.4, 0.5) is 9.93 Å². The van der Waals surface area contributed by atoms with E-state index < -0.39 is 24.6 Å². The van der Waals surface area contributed by atoms with Gasteiger partial charge in [0.05, 0.1) is 16.8 Å². The Morgan fingerprint density at radius 1 is 1.45 bits per heavy atom. The Balaban J connectivity index is 2.08. The molecule has 2 rings (SSSR count). The SMILES string of the molecule is O=C(Nc1nc2ccc(Cl)cc2s1)NC(CO)C(=O)O. The van der Waals surface area contributed by atoms with Crippen LogP contribution in [0.5, 0.6) is 0 Å². The first-order chi connectivity index (χ1) is 9.49. The molecule has 7 nitrogen and oxygen atoms in total. The predicted molar refractivity (Wildman–Crippen MR) is 75.3 cm³/mol. The van der Waals surface area contributed by atoms with E-state index in [9.17, 15) is 9.59 Å². The number of aliphatic carboxylic acids is 1. The third kappa shape index (κ3) is 3.35. The maximum atomic E-state index is 11.6. The van der Waals surface area contributed by atoms with E-state index >= 15 is 0 Å². The summed E-state index contributed by atoms with van der Waals surface area (Å²) in [5.41, 5.74) is 0.673. The number of hydrogen-bond donors (Lipinski definition) is 4. The lowest BCUT2D eigenvalue weighted by atomic mass is 10.3. The number of rotatable bonds is 4. The molecule has 2 amide bonds. The first-order valence-corrected chi connectivity index (χ1v) is 6.66. The molecule has 0 fully saturated rings. The zero-order valence-electron chi connectivity index (χ0n) is 9.96. The van der Waals surface area contributed by atoms with Gasteiger partial charge in [0, 0.05) is 5.02 Å². The number of halogens is 1. The van der Waals surface area contributed by atoms with Crippen LogP contribution in [0.15, 0.2) is 18.2 Å². The molecule has 0 bridgehead atoms. The normalized spacial score (nSPS) is 12.1. The lowest BCUT2D eigenvalue weighted by Gasteiger charge is -2.11. The van der Waals surface area contributed by atoms with Crippen LogP contribution in [-0.2, 0) is 4.79 Å². The highest BCUT2D eigenvalue weighted by atomic mass is 35.5. The quantitative estimate of drug-likeness (QED) is 0.683. The van der Waals surface area contributed by atoms with Gasteiger partial charge in [-0.25, -0.2) is 14.6 Å². The number of carboxylic acid groups (broad SMARTS) is 1. The van der Waals surface area contributed by atoms with Crippen molar-refractivity contribution in [1.82, 2.24) is 10.3 Å². The number of aliphatic hydroxyl groups excluding tert-OH is 1. The fourth-order valence-electron chi connectivity index (χ4n) is 1.43. The number of aromatic nitrogens is 1. The van der Waals surface area contributed by atoms with Crippen LogP contribution in [0.3, 0.4) is 0 Å². The molecule has 0 saturated carbocycles. The molecule has 0 spiro atoms. The van der Waals surface area contributed by atoms with Gasteiger partial charge in [-0.1, -0.05) is 22.9 Å². The van der Waals surface area contributed by atoms with Crippen LogP contribution in [-0.4, -0.2) is 39.8 Å². The molecule has 106 valence electrons.